The lowest BCUT2D eigenvalue weighted by Gasteiger charge is -2.06. The predicted octanol–water partition coefficient (Wildman–Crippen LogP) is -0.198. The first-order valence-corrected chi connectivity index (χ1v) is 5.37. The molecule has 0 unspecified atom stereocenters. The summed E-state index contributed by atoms with van der Waals surface area (Å²) in [6, 6.07) is 3.29. The summed E-state index contributed by atoms with van der Waals surface area (Å²) in [6.45, 7) is -0.447. The molecule has 0 radical (unpaired) electrons. The molecule has 0 saturated heterocycles. The minimum Gasteiger partial charge on any atom is -0.364 e. The number of carbonyl (C=O) groups excluding carboxylic acids is 2. The van der Waals surface area contributed by atoms with Gasteiger partial charge in [0, 0.05) is 5.56 Å². The van der Waals surface area contributed by atoms with E-state index in [0.717, 1.165) is 16.8 Å². The third-order valence-corrected chi connectivity index (χ3v) is 2.57. The van der Waals surface area contributed by atoms with E-state index in [9.17, 15) is 18.4 Å². The molecule has 7 nitrogen and oxygen atoms in total. The molecule has 0 aliphatic carbocycles. The number of amides is 2. The average Bonchev–Trinajstić information content (AvgIpc) is 2.78. The van der Waals surface area contributed by atoms with Gasteiger partial charge in [0.05, 0.1) is 6.54 Å². The van der Waals surface area contributed by atoms with Crippen LogP contribution in [-0.4, -0.2) is 26.8 Å². The highest BCUT2D eigenvalue weighted by atomic mass is 19.1. The van der Waals surface area contributed by atoms with E-state index in [4.69, 9.17) is 11.5 Å². The Morgan fingerprint density at radius 1 is 1.15 bits per heavy atom. The van der Waals surface area contributed by atoms with Crippen molar-refractivity contribution in [3.8, 4) is 0 Å². The van der Waals surface area contributed by atoms with Gasteiger partial charge in [-0.2, -0.15) is 0 Å². The van der Waals surface area contributed by atoms with Gasteiger partial charge < -0.3 is 11.5 Å². The predicted molar refractivity (Wildman–Crippen MR) is 62.5 cm³/mol. The average molecular weight is 281 g/mol. The zero-order valence-corrected chi connectivity index (χ0v) is 10.0. The van der Waals surface area contributed by atoms with Crippen LogP contribution in [0.5, 0.6) is 0 Å². The molecule has 1 aromatic carbocycles. The smallest absolute Gasteiger partial charge is 0.271 e. The lowest BCUT2D eigenvalue weighted by molar-refractivity contribution is 0.0959. The van der Waals surface area contributed by atoms with Crippen LogP contribution in [0.15, 0.2) is 18.2 Å². The Hall–Kier alpha value is -2.84. The quantitative estimate of drug-likeness (QED) is 0.807. The molecule has 4 N–H and O–H groups in total. The van der Waals surface area contributed by atoms with Gasteiger partial charge in [-0.3, -0.25) is 9.59 Å². The fourth-order valence-electron chi connectivity index (χ4n) is 1.67. The highest BCUT2D eigenvalue weighted by Crippen LogP contribution is 2.15. The number of hydrogen-bond acceptors (Lipinski definition) is 4. The van der Waals surface area contributed by atoms with Crippen molar-refractivity contribution < 1.29 is 18.4 Å². The Labute approximate surface area is 111 Å². The van der Waals surface area contributed by atoms with Crippen molar-refractivity contribution in [2.75, 3.05) is 0 Å². The van der Waals surface area contributed by atoms with Crippen LogP contribution < -0.4 is 11.5 Å². The number of benzene rings is 1. The molecule has 0 aliphatic heterocycles. The monoisotopic (exact) mass is 281 g/mol. The SMILES string of the molecule is NC(=O)c1nnn(Cc2c(F)cccc2F)c1C(N)=O. The van der Waals surface area contributed by atoms with Crippen molar-refractivity contribution in [2.24, 2.45) is 11.5 Å². The minimum atomic E-state index is -1.03. The molecule has 2 rings (SSSR count). The van der Waals surface area contributed by atoms with Crippen molar-refractivity contribution in [3.63, 3.8) is 0 Å². The molecule has 0 saturated carbocycles. The molecule has 0 bridgehead atoms. The summed E-state index contributed by atoms with van der Waals surface area (Å²) >= 11 is 0. The maximum Gasteiger partial charge on any atom is 0.271 e. The first-order valence-electron chi connectivity index (χ1n) is 5.37. The van der Waals surface area contributed by atoms with Gasteiger partial charge >= 0.3 is 0 Å². The third kappa shape index (κ3) is 2.32. The standard InChI is InChI=1S/C11H9F2N5O2/c12-6-2-1-3-7(13)5(6)4-18-9(11(15)20)8(10(14)19)16-17-18/h1-3H,4H2,(H2,14,19)(H2,15,20). The van der Waals surface area contributed by atoms with E-state index in [-0.39, 0.29) is 5.56 Å². The number of halogens is 2. The number of nitrogens with two attached hydrogens (primary N) is 2. The number of primary amides is 2. The van der Waals surface area contributed by atoms with E-state index in [2.05, 4.69) is 10.3 Å². The number of carbonyl (C=O) groups is 2. The molecule has 2 aromatic rings. The van der Waals surface area contributed by atoms with E-state index in [1.807, 2.05) is 0 Å². The molecular formula is C11H9F2N5O2. The van der Waals surface area contributed by atoms with Crippen molar-refractivity contribution >= 4 is 11.8 Å². The molecule has 9 heteroatoms. The van der Waals surface area contributed by atoms with Gasteiger partial charge in [0.15, 0.2) is 11.4 Å². The third-order valence-electron chi connectivity index (χ3n) is 2.57. The summed E-state index contributed by atoms with van der Waals surface area (Å²) in [5.74, 6) is -3.69. The summed E-state index contributed by atoms with van der Waals surface area (Å²) in [4.78, 5) is 22.4. The van der Waals surface area contributed by atoms with Gasteiger partial charge in [-0.25, -0.2) is 13.5 Å². The molecular weight excluding hydrogens is 272 g/mol. The van der Waals surface area contributed by atoms with E-state index in [1.165, 1.54) is 6.07 Å². The largest absolute Gasteiger partial charge is 0.364 e. The van der Waals surface area contributed by atoms with Crippen LogP contribution in [0.25, 0.3) is 0 Å². The fourth-order valence-corrected chi connectivity index (χ4v) is 1.67. The van der Waals surface area contributed by atoms with Crippen LogP contribution in [0, 0.1) is 11.6 Å². The lowest BCUT2D eigenvalue weighted by atomic mass is 10.2. The van der Waals surface area contributed by atoms with E-state index < -0.39 is 41.4 Å². The normalized spacial score (nSPS) is 10.5. The lowest BCUT2D eigenvalue weighted by Crippen LogP contribution is -2.24. The van der Waals surface area contributed by atoms with Crippen LogP contribution in [-0.2, 0) is 6.54 Å². The summed E-state index contributed by atoms with van der Waals surface area (Å²) < 4.78 is 27.9. The van der Waals surface area contributed by atoms with Gasteiger partial charge in [0.2, 0.25) is 0 Å². The molecule has 1 aromatic heterocycles. The maximum absolute atomic E-state index is 13.5. The van der Waals surface area contributed by atoms with Crippen LogP contribution in [0.4, 0.5) is 8.78 Å². The van der Waals surface area contributed by atoms with Gasteiger partial charge in [0.1, 0.15) is 11.6 Å². The second-order valence-electron chi connectivity index (χ2n) is 3.87. The second-order valence-corrected chi connectivity index (χ2v) is 3.87. The highest BCUT2D eigenvalue weighted by Gasteiger charge is 2.23. The first kappa shape index (κ1) is 13.6. The molecule has 2 amide bonds. The number of nitrogens with zero attached hydrogens (tertiary/aromatic N) is 3. The van der Waals surface area contributed by atoms with E-state index >= 15 is 0 Å². The molecule has 20 heavy (non-hydrogen) atoms. The Morgan fingerprint density at radius 2 is 1.75 bits per heavy atom. The molecule has 0 fully saturated rings. The Bertz CT molecular complexity index is 678. The number of rotatable bonds is 4. The number of aromatic nitrogens is 3. The summed E-state index contributed by atoms with van der Waals surface area (Å²) in [7, 11) is 0. The van der Waals surface area contributed by atoms with Crippen LogP contribution >= 0.6 is 0 Å². The topological polar surface area (TPSA) is 117 Å². The summed E-state index contributed by atoms with van der Waals surface area (Å²) in [5.41, 5.74) is 8.91. The fraction of sp³-hybridized carbons (Fsp3) is 0.0909. The van der Waals surface area contributed by atoms with Crippen molar-refractivity contribution in [2.45, 2.75) is 6.54 Å². The molecule has 104 valence electrons. The zero-order valence-electron chi connectivity index (χ0n) is 10.0. The van der Waals surface area contributed by atoms with Gasteiger partial charge in [0.25, 0.3) is 11.8 Å². The van der Waals surface area contributed by atoms with E-state index in [0.29, 0.717) is 0 Å². The van der Waals surface area contributed by atoms with Crippen molar-refractivity contribution in [1.82, 2.24) is 15.0 Å². The Kier molecular flexibility index (Phi) is 3.42. The zero-order chi connectivity index (χ0) is 14.9. The van der Waals surface area contributed by atoms with Gasteiger partial charge in [-0.1, -0.05) is 11.3 Å². The minimum absolute atomic E-state index is 0.337. The Morgan fingerprint density at radius 3 is 2.25 bits per heavy atom. The second kappa shape index (κ2) is 5.03. The summed E-state index contributed by atoms with van der Waals surface area (Å²) in [5, 5.41) is 6.85. The van der Waals surface area contributed by atoms with E-state index in [1.54, 1.807) is 0 Å². The summed E-state index contributed by atoms with van der Waals surface area (Å²) in [6.07, 6.45) is 0. The molecule has 0 spiro atoms. The highest BCUT2D eigenvalue weighted by molar-refractivity contribution is 6.03. The van der Waals surface area contributed by atoms with Crippen molar-refractivity contribution in [1.29, 1.82) is 0 Å². The number of hydrogen-bond donors (Lipinski definition) is 2. The van der Waals surface area contributed by atoms with Gasteiger partial charge in [-0.05, 0) is 12.1 Å². The van der Waals surface area contributed by atoms with Gasteiger partial charge in [-0.15, -0.1) is 5.10 Å². The molecule has 0 atom stereocenters. The maximum atomic E-state index is 13.5. The van der Waals surface area contributed by atoms with Crippen LogP contribution in [0.1, 0.15) is 26.5 Å². The molecule has 0 aliphatic rings. The van der Waals surface area contributed by atoms with Crippen LogP contribution in [0.2, 0.25) is 0 Å². The van der Waals surface area contributed by atoms with Crippen molar-refractivity contribution in [3.05, 3.63) is 46.8 Å². The first-order chi connectivity index (χ1) is 9.41. The Balaban J connectivity index is 2.50. The molecule has 1 heterocycles. The van der Waals surface area contributed by atoms with Crippen LogP contribution in [0.3, 0.4) is 0 Å².